The lowest BCUT2D eigenvalue weighted by Crippen LogP contribution is -2.42. The van der Waals surface area contributed by atoms with Gasteiger partial charge in [-0.25, -0.2) is 0 Å². The van der Waals surface area contributed by atoms with Crippen molar-refractivity contribution < 1.29 is 5.11 Å². The van der Waals surface area contributed by atoms with Crippen LogP contribution >= 0.6 is 0 Å². The zero-order valence-corrected chi connectivity index (χ0v) is 13.7. The molecule has 0 heterocycles. The molecule has 1 aromatic carbocycles. The lowest BCUT2D eigenvalue weighted by atomic mass is 9.86. The minimum absolute atomic E-state index is 0.642. The molecule has 1 aromatic rings. The van der Waals surface area contributed by atoms with E-state index in [4.69, 9.17) is 0 Å². The summed E-state index contributed by atoms with van der Waals surface area (Å²) in [5.41, 5.74) is 0.552. The quantitative estimate of drug-likeness (QED) is 0.640. The highest BCUT2D eigenvalue weighted by atomic mass is 28.3. The van der Waals surface area contributed by atoms with Crippen molar-refractivity contribution in [1.29, 1.82) is 0 Å². The van der Waals surface area contributed by atoms with Gasteiger partial charge in [-0.05, 0) is 25.3 Å². The molecule has 0 spiro atoms. The van der Waals surface area contributed by atoms with Crippen molar-refractivity contribution >= 4 is 13.3 Å². The van der Waals surface area contributed by atoms with Crippen molar-refractivity contribution in [2.24, 2.45) is 0 Å². The van der Waals surface area contributed by atoms with E-state index in [-0.39, 0.29) is 0 Å². The van der Waals surface area contributed by atoms with Crippen molar-refractivity contribution in [3.8, 4) is 0 Å². The fourth-order valence-corrected chi connectivity index (χ4v) is 5.85. The molecule has 1 N–H and O–H groups in total. The molecule has 1 unspecified atom stereocenters. The Hall–Kier alpha value is -1.12. The SMILES string of the molecule is C=C(CC1(O)C=CCCC1)C[Si](C)(C)c1ccccc1. The smallest absolute Gasteiger partial charge is 0.0864 e. The summed E-state index contributed by atoms with van der Waals surface area (Å²) in [6.07, 6.45) is 7.86. The van der Waals surface area contributed by atoms with Gasteiger partial charge in [0.25, 0.3) is 0 Å². The van der Waals surface area contributed by atoms with Crippen LogP contribution in [0.15, 0.2) is 54.6 Å². The third-order valence-corrected chi connectivity index (χ3v) is 7.49. The minimum atomic E-state index is -1.49. The predicted octanol–water partition coefficient (Wildman–Crippen LogP) is 4.02. The molecule has 2 rings (SSSR count). The Labute approximate surface area is 124 Å². The lowest BCUT2D eigenvalue weighted by Gasteiger charge is -2.31. The van der Waals surface area contributed by atoms with Gasteiger partial charge in [0.05, 0.1) is 13.7 Å². The summed E-state index contributed by atoms with van der Waals surface area (Å²) in [7, 11) is -1.49. The van der Waals surface area contributed by atoms with E-state index in [1.54, 1.807) is 0 Å². The van der Waals surface area contributed by atoms with Crippen LogP contribution in [-0.2, 0) is 0 Å². The molecule has 108 valence electrons. The Balaban J connectivity index is 2.01. The molecule has 1 atom stereocenters. The second kappa shape index (κ2) is 6.11. The largest absolute Gasteiger partial charge is 0.385 e. The van der Waals surface area contributed by atoms with Gasteiger partial charge < -0.3 is 5.11 Å². The topological polar surface area (TPSA) is 20.2 Å². The summed E-state index contributed by atoms with van der Waals surface area (Å²) in [5, 5.41) is 12.0. The third-order valence-electron chi connectivity index (χ3n) is 4.21. The molecule has 0 radical (unpaired) electrons. The van der Waals surface area contributed by atoms with Crippen molar-refractivity contribution in [1.82, 2.24) is 0 Å². The Morgan fingerprint density at radius 2 is 2.00 bits per heavy atom. The number of aliphatic hydroxyl groups is 1. The molecule has 0 aromatic heterocycles. The Morgan fingerprint density at radius 1 is 1.30 bits per heavy atom. The molecule has 20 heavy (non-hydrogen) atoms. The highest BCUT2D eigenvalue weighted by Gasteiger charge is 2.29. The molecule has 1 nitrogen and oxygen atoms in total. The van der Waals surface area contributed by atoms with E-state index >= 15 is 0 Å². The van der Waals surface area contributed by atoms with Crippen LogP contribution in [0.5, 0.6) is 0 Å². The summed E-state index contributed by atoms with van der Waals surface area (Å²) in [6, 6.07) is 11.8. The van der Waals surface area contributed by atoms with E-state index in [2.05, 4.69) is 56.1 Å². The van der Waals surface area contributed by atoms with E-state index in [0.717, 1.165) is 25.3 Å². The molecule has 1 aliphatic carbocycles. The molecule has 0 saturated heterocycles. The second-order valence-corrected chi connectivity index (χ2v) is 11.5. The number of hydrogen-bond donors (Lipinski definition) is 1. The van der Waals surface area contributed by atoms with Crippen LogP contribution in [0.3, 0.4) is 0 Å². The molecular weight excluding hydrogens is 260 g/mol. The van der Waals surface area contributed by atoms with E-state index in [1.807, 2.05) is 6.08 Å². The summed E-state index contributed by atoms with van der Waals surface area (Å²) in [4.78, 5) is 0. The van der Waals surface area contributed by atoms with Gasteiger partial charge in [0.1, 0.15) is 0 Å². The summed E-state index contributed by atoms with van der Waals surface area (Å²) >= 11 is 0. The molecule has 0 aliphatic heterocycles. The summed E-state index contributed by atoms with van der Waals surface area (Å²) < 4.78 is 0. The van der Waals surface area contributed by atoms with Crippen molar-refractivity contribution in [3.05, 3.63) is 54.6 Å². The van der Waals surface area contributed by atoms with Crippen molar-refractivity contribution in [2.45, 2.75) is 50.4 Å². The molecule has 0 amide bonds. The van der Waals surface area contributed by atoms with Gasteiger partial charge in [-0.1, -0.05) is 66.3 Å². The van der Waals surface area contributed by atoms with Crippen LogP contribution in [0, 0.1) is 0 Å². The van der Waals surface area contributed by atoms with E-state index < -0.39 is 13.7 Å². The number of rotatable bonds is 5. The van der Waals surface area contributed by atoms with E-state index in [0.29, 0.717) is 6.42 Å². The van der Waals surface area contributed by atoms with E-state index in [9.17, 15) is 5.11 Å². The van der Waals surface area contributed by atoms with Gasteiger partial charge in [0, 0.05) is 6.42 Å². The first-order chi connectivity index (χ1) is 9.41. The maximum Gasteiger partial charge on any atom is 0.0864 e. The monoisotopic (exact) mass is 286 g/mol. The Morgan fingerprint density at radius 3 is 2.60 bits per heavy atom. The first-order valence-electron chi connectivity index (χ1n) is 7.54. The number of hydrogen-bond acceptors (Lipinski definition) is 1. The second-order valence-electron chi connectivity index (χ2n) is 6.75. The standard InChI is InChI=1S/C18H26OSi/c1-16(14-18(19)12-8-5-9-13-18)15-20(2,3)17-10-6-4-7-11-17/h4,6-8,10-12,19H,1,5,9,13-15H2,2-3H3. The summed E-state index contributed by atoms with van der Waals surface area (Å²) in [5.74, 6) is 0. The molecule has 2 heteroatoms. The number of benzene rings is 1. The first kappa shape index (κ1) is 15.3. The minimum Gasteiger partial charge on any atom is -0.385 e. The molecule has 0 fully saturated rings. The van der Waals surface area contributed by atoms with Crippen LogP contribution in [0.2, 0.25) is 19.1 Å². The van der Waals surface area contributed by atoms with Gasteiger partial charge in [0.2, 0.25) is 0 Å². The average molecular weight is 286 g/mol. The fraction of sp³-hybridized carbons (Fsp3) is 0.444. The van der Waals surface area contributed by atoms with Gasteiger partial charge in [-0.2, -0.15) is 0 Å². The van der Waals surface area contributed by atoms with Crippen LogP contribution in [0.1, 0.15) is 25.7 Å². The fourth-order valence-electron chi connectivity index (χ4n) is 3.17. The Bertz CT molecular complexity index is 489. The highest BCUT2D eigenvalue weighted by Crippen LogP contribution is 2.30. The molecule has 0 bridgehead atoms. The molecule has 0 saturated carbocycles. The lowest BCUT2D eigenvalue weighted by molar-refractivity contribution is 0.0752. The van der Waals surface area contributed by atoms with Gasteiger partial charge in [0.15, 0.2) is 0 Å². The van der Waals surface area contributed by atoms with Crippen molar-refractivity contribution in [3.63, 3.8) is 0 Å². The zero-order valence-electron chi connectivity index (χ0n) is 12.7. The van der Waals surface area contributed by atoms with Gasteiger partial charge in [-0.3, -0.25) is 0 Å². The van der Waals surface area contributed by atoms with E-state index in [1.165, 1.54) is 10.8 Å². The first-order valence-corrected chi connectivity index (χ1v) is 10.7. The Kier molecular flexibility index (Phi) is 4.66. The zero-order chi connectivity index (χ0) is 14.6. The van der Waals surface area contributed by atoms with Crippen LogP contribution in [0.4, 0.5) is 0 Å². The van der Waals surface area contributed by atoms with Crippen LogP contribution < -0.4 is 5.19 Å². The molecule has 1 aliphatic rings. The van der Waals surface area contributed by atoms with Gasteiger partial charge >= 0.3 is 0 Å². The number of allylic oxidation sites excluding steroid dienone is 1. The summed E-state index contributed by atoms with van der Waals surface area (Å²) in [6.45, 7) is 9.01. The maximum absolute atomic E-state index is 10.6. The van der Waals surface area contributed by atoms with Crippen LogP contribution in [-0.4, -0.2) is 18.8 Å². The maximum atomic E-state index is 10.6. The van der Waals surface area contributed by atoms with Crippen LogP contribution in [0.25, 0.3) is 0 Å². The average Bonchev–Trinajstić information content (AvgIpc) is 2.39. The third kappa shape index (κ3) is 3.94. The predicted molar refractivity (Wildman–Crippen MR) is 90.1 cm³/mol. The molecular formula is C18H26OSi. The highest BCUT2D eigenvalue weighted by molar-refractivity contribution is 6.90. The van der Waals surface area contributed by atoms with Gasteiger partial charge in [-0.15, -0.1) is 6.58 Å². The normalized spacial score (nSPS) is 22.8. The van der Waals surface area contributed by atoms with Crippen molar-refractivity contribution in [2.75, 3.05) is 0 Å².